The summed E-state index contributed by atoms with van der Waals surface area (Å²) >= 11 is 0. The molecule has 12 nitrogen and oxygen atoms in total. The quantitative estimate of drug-likeness (QED) is 0.0871. The van der Waals surface area contributed by atoms with E-state index in [1.807, 2.05) is 20.8 Å². The Labute approximate surface area is 286 Å². The van der Waals surface area contributed by atoms with Crippen LogP contribution < -0.4 is 5.32 Å². The number of aliphatic hydroxyl groups excluding tert-OH is 2. The Morgan fingerprint density at radius 1 is 1.25 bits per heavy atom. The number of piperazine rings is 1. The van der Waals surface area contributed by atoms with E-state index in [4.69, 9.17) is 18.9 Å². The lowest BCUT2D eigenvalue weighted by atomic mass is 9.88. The van der Waals surface area contributed by atoms with Gasteiger partial charge in [-0.2, -0.15) is 0 Å². The highest BCUT2D eigenvalue weighted by molar-refractivity contribution is 5.71. The van der Waals surface area contributed by atoms with Crippen LogP contribution in [0.2, 0.25) is 0 Å². The highest BCUT2D eigenvalue weighted by Gasteiger charge is 2.47. The second-order valence-corrected chi connectivity index (χ2v) is 13.8. The van der Waals surface area contributed by atoms with Gasteiger partial charge in [-0.3, -0.25) is 9.59 Å². The van der Waals surface area contributed by atoms with Gasteiger partial charge in [-0.25, -0.2) is 4.79 Å². The molecule has 274 valence electrons. The molecule has 0 saturated carbocycles. The third kappa shape index (κ3) is 12.3. The molecule has 3 heterocycles. The van der Waals surface area contributed by atoms with Gasteiger partial charge in [-0.1, -0.05) is 52.5 Å². The maximum atomic E-state index is 13.2. The topological polar surface area (TPSA) is 167 Å². The molecular weight excluding hydrogens is 620 g/mol. The number of aliphatic hydroxyl groups is 3. The van der Waals surface area contributed by atoms with E-state index in [2.05, 4.69) is 5.32 Å². The molecule has 2 saturated heterocycles. The largest absolute Gasteiger partial charge is 0.457 e. The van der Waals surface area contributed by atoms with E-state index in [1.54, 1.807) is 56.1 Å². The molecule has 3 rings (SSSR count). The molecule has 0 aliphatic carbocycles. The zero-order valence-corrected chi connectivity index (χ0v) is 29.0. The van der Waals surface area contributed by atoms with E-state index in [1.165, 1.54) is 6.92 Å². The number of esters is 2. The van der Waals surface area contributed by atoms with Crippen LogP contribution in [0.5, 0.6) is 0 Å². The molecule has 0 unspecified atom stereocenters. The van der Waals surface area contributed by atoms with Gasteiger partial charge in [0.2, 0.25) is 0 Å². The van der Waals surface area contributed by atoms with Crippen LogP contribution in [0.1, 0.15) is 88.0 Å². The molecule has 2 fully saturated rings. The maximum Gasteiger partial charge on any atom is 0.410 e. The third-order valence-electron chi connectivity index (χ3n) is 9.33. The van der Waals surface area contributed by atoms with Crippen LogP contribution in [0.4, 0.5) is 4.79 Å². The van der Waals surface area contributed by atoms with Crippen molar-refractivity contribution in [3.05, 3.63) is 36.0 Å². The van der Waals surface area contributed by atoms with Crippen molar-refractivity contribution >= 4 is 18.0 Å². The molecule has 0 bridgehead atoms. The molecule has 0 radical (unpaired) electrons. The standard InChI is InChI=1S/C35H56N2O10.CH4/c1-8-27(40)24(4)32-28(45-32)21-34(6,43)14-9-10-22(2)31-23(3)11-12-29(44-25(5)38)35(7,15-13-26(39)20-30(41)46-31)47-33(42)37-18-16-36-17-19-37;/h9-12,14,23-24,26-29,31-32,36,39-40,43H,8,13,15-21H2,1-7H3;1H4/b12-11+,14-9+,22-10+;/t23-,24+,26+,27-,28+,29-,31+,32+,34-,35+;/m0./s1. The van der Waals surface area contributed by atoms with Crippen LogP contribution in [-0.2, 0) is 28.5 Å². The van der Waals surface area contributed by atoms with Crippen molar-refractivity contribution in [2.24, 2.45) is 11.8 Å². The second-order valence-electron chi connectivity index (χ2n) is 13.8. The number of carbonyl (C=O) groups excluding carboxylic acids is 3. The van der Waals surface area contributed by atoms with Crippen molar-refractivity contribution < 1.29 is 48.7 Å². The summed E-state index contributed by atoms with van der Waals surface area (Å²) in [5.74, 6) is -1.56. The number of nitrogens with one attached hydrogen (secondary N) is 1. The van der Waals surface area contributed by atoms with Crippen molar-refractivity contribution in [1.29, 1.82) is 0 Å². The predicted molar refractivity (Wildman–Crippen MR) is 182 cm³/mol. The molecule has 3 aliphatic rings. The number of hydrogen-bond acceptors (Lipinski definition) is 11. The summed E-state index contributed by atoms with van der Waals surface area (Å²) in [5, 5.41) is 35.1. The van der Waals surface area contributed by atoms with Gasteiger partial charge in [0.05, 0.1) is 36.4 Å². The number of nitrogens with zero attached hydrogens (tertiary/aromatic N) is 1. The van der Waals surface area contributed by atoms with E-state index in [9.17, 15) is 29.7 Å². The van der Waals surface area contributed by atoms with Crippen LogP contribution in [0.25, 0.3) is 0 Å². The SMILES string of the molecule is C.CC[C@H](O)[C@@H](C)[C@H]1O[C@@H]1C[C@@](C)(O)/C=C/C=C(\C)[C@H]1OC(=O)C[C@H](O)CC[C@@](C)(OC(=O)N2CCNCC2)[C@@H](OC(C)=O)/C=C/[C@@H]1C. The fourth-order valence-corrected chi connectivity index (χ4v) is 6.19. The van der Waals surface area contributed by atoms with Crippen LogP contribution in [0, 0.1) is 11.8 Å². The summed E-state index contributed by atoms with van der Waals surface area (Å²) in [5.41, 5.74) is -1.80. The average Bonchev–Trinajstić information content (AvgIpc) is 3.77. The first-order valence-corrected chi connectivity index (χ1v) is 16.9. The summed E-state index contributed by atoms with van der Waals surface area (Å²) in [6.07, 6.45) is 5.52. The van der Waals surface area contributed by atoms with Crippen LogP contribution in [0.15, 0.2) is 36.0 Å². The molecule has 4 N–H and O–H groups in total. The maximum absolute atomic E-state index is 13.2. The number of amides is 1. The monoisotopic (exact) mass is 680 g/mol. The first-order valence-electron chi connectivity index (χ1n) is 16.9. The summed E-state index contributed by atoms with van der Waals surface area (Å²) in [7, 11) is 0. The van der Waals surface area contributed by atoms with Crippen molar-refractivity contribution in [3.63, 3.8) is 0 Å². The van der Waals surface area contributed by atoms with Crippen LogP contribution >= 0.6 is 0 Å². The third-order valence-corrected chi connectivity index (χ3v) is 9.33. The van der Waals surface area contributed by atoms with E-state index in [0.717, 1.165) is 0 Å². The highest BCUT2D eigenvalue weighted by atomic mass is 16.6. The molecular formula is C36H60N2O10. The van der Waals surface area contributed by atoms with Gasteiger partial charge >= 0.3 is 18.0 Å². The average molecular weight is 681 g/mol. The lowest BCUT2D eigenvalue weighted by Gasteiger charge is -2.38. The van der Waals surface area contributed by atoms with E-state index >= 15 is 0 Å². The molecule has 48 heavy (non-hydrogen) atoms. The second kappa shape index (κ2) is 18.3. The Balaban J connectivity index is 0.00000800. The number of cyclic esters (lactones) is 1. The lowest BCUT2D eigenvalue weighted by Crippen LogP contribution is -2.52. The number of ether oxygens (including phenoxy) is 4. The zero-order chi connectivity index (χ0) is 34.9. The first-order chi connectivity index (χ1) is 22.0. The number of allylic oxidation sites excluding steroid dienone is 2. The van der Waals surface area contributed by atoms with E-state index < -0.39 is 59.6 Å². The Morgan fingerprint density at radius 3 is 2.54 bits per heavy atom. The van der Waals surface area contributed by atoms with Gasteiger partial charge in [-0.15, -0.1) is 0 Å². The molecule has 0 aromatic heterocycles. The molecule has 0 spiro atoms. The number of rotatable bonds is 10. The molecule has 0 aromatic carbocycles. The fraction of sp³-hybridized carbons (Fsp3) is 0.750. The van der Waals surface area contributed by atoms with Crippen molar-refractivity contribution in [2.75, 3.05) is 26.2 Å². The lowest BCUT2D eigenvalue weighted by molar-refractivity contribution is -0.158. The summed E-state index contributed by atoms with van der Waals surface area (Å²) in [6, 6.07) is 0. The van der Waals surface area contributed by atoms with Gasteiger partial charge in [-0.05, 0) is 51.7 Å². The number of hydrogen-bond donors (Lipinski definition) is 4. The Kier molecular flexibility index (Phi) is 15.8. The molecule has 1 amide bonds. The number of epoxide rings is 1. The van der Waals surface area contributed by atoms with Crippen LogP contribution in [0.3, 0.4) is 0 Å². The van der Waals surface area contributed by atoms with Gasteiger partial charge in [0.25, 0.3) is 0 Å². The minimum Gasteiger partial charge on any atom is -0.457 e. The molecule has 3 aliphatic heterocycles. The molecule has 0 aromatic rings. The van der Waals surface area contributed by atoms with E-state index in [-0.39, 0.29) is 44.8 Å². The first kappa shape index (κ1) is 41.4. The minimum absolute atomic E-state index is 0. The normalized spacial score (nSPS) is 33.5. The van der Waals surface area contributed by atoms with Gasteiger partial charge in [0, 0.05) is 51.4 Å². The Morgan fingerprint density at radius 2 is 1.92 bits per heavy atom. The van der Waals surface area contributed by atoms with Crippen molar-refractivity contribution in [1.82, 2.24) is 10.2 Å². The predicted octanol–water partition coefficient (Wildman–Crippen LogP) is 3.82. The summed E-state index contributed by atoms with van der Waals surface area (Å²) in [4.78, 5) is 39.9. The fourth-order valence-electron chi connectivity index (χ4n) is 6.19. The Hall–Kier alpha value is -2.77. The zero-order valence-electron chi connectivity index (χ0n) is 29.0. The van der Waals surface area contributed by atoms with Crippen LogP contribution in [-0.4, -0.2) is 112 Å². The smallest absolute Gasteiger partial charge is 0.410 e. The van der Waals surface area contributed by atoms with Gasteiger partial charge in [0.1, 0.15) is 6.10 Å². The Bertz CT molecular complexity index is 1160. The van der Waals surface area contributed by atoms with Crippen molar-refractivity contribution in [2.45, 2.75) is 136 Å². The molecule has 12 heteroatoms. The van der Waals surface area contributed by atoms with E-state index in [0.29, 0.717) is 44.6 Å². The van der Waals surface area contributed by atoms with Gasteiger partial charge < -0.3 is 44.5 Å². The highest BCUT2D eigenvalue weighted by Crippen LogP contribution is 2.37. The summed E-state index contributed by atoms with van der Waals surface area (Å²) < 4.78 is 23.3. The van der Waals surface area contributed by atoms with Gasteiger partial charge in [0.15, 0.2) is 11.7 Å². The number of carbonyl (C=O) groups is 3. The molecule has 10 atom stereocenters. The van der Waals surface area contributed by atoms with Crippen molar-refractivity contribution in [3.8, 4) is 0 Å². The summed E-state index contributed by atoms with van der Waals surface area (Å²) in [6.45, 7) is 14.4. The minimum atomic E-state index is -1.32.